The zero-order valence-electron chi connectivity index (χ0n) is 11.6. The van der Waals surface area contributed by atoms with E-state index < -0.39 is 30.0 Å². The second-order valence-corrected chi connectivity index (χ2v) is 7.34. The van der Waals surface area contributed by atoms with Gasteiger partial charge in [-0.25, -0.2) is 0 Å². The van der Waals surface area contributed by atoms with Gasteiger partial charge in [0.2, 0.25) is 0 Å². The van der Waals surface area contributed by atoms with E-state index >= 15 is 0 Å². The van der Waals surface area contributed by atoms with Crippen molar-refractivity contribution >= 4 is 26.5 Å². The average Bonchev–Trinajstić information content (AvgIpc) is 2.46. The lowest BCUT2D eigenvalue weighted by atomic mass is 10.2. The van der Waals surface area contributed by atoms with Gasteiger partial charge >= 0.3 is 0 Å². The largest absolute Gasteiger partial charge is 0.298 e. The summed E-state index contributed by atoms with van der Waals surface area (Å²) in [5, 5.41) is 0. The molecule has 0 amide bonds. The first-order valence-electron chi connectivity index (χ1n) is 6.07. The van der Waals surface area contributed by atoms with Crippen LogP contribution in [0, 0.1) is 0 Å². The van der Waals surface area contributed by atoms with Crippen molar-refractivity contribution in [3.05, 3.63) is 23.8 Å². The molecule has 0 saturated carbocycles. The molecule has 21 heavy (non-hydrogen) atoms. The number of aldehydes is 1. The van der Waals surface area contributed by atoms with E-state index in [2.05, 4.69) is 4.18 Å². The molecule has 0 saturated heterocycles. The minimum absolute atomic E-state index is 0.0164. The molecule has 0 atom stereocenters. The molecule has 0 fully saturated rings. The molecule has 0 spiro atoms. The molecule has 0 heterocycles. The van der Waals surface area contributed by atoms with Gasteiger partial charge in [-0.3, -0.25) is 13.2 Å². The zero-order valence-corrected chi connectivity index (χ0v) is 13.2. The van der Waals surface area contributed by atoms with Crippen LogP contribution >= 0.6 is 0 Å². The lowest BCUT2D eigenvalue weighted by molar-refractivity contribution is 0.112. The third-order valence-corrected chi connectivity index (χ3v) is 5.41. The first-order chi connectivity index (χ1) is 9.78. The van der Waals surface area contributed by atoms with E-state index in [0.717, 1.165) is 19.2 Å². The summed E-state index contributed by atoms with van der Waals surface area (Å²) in [5.41, 5.74) is 0.0164. The fourth-order valence-corrected chi connectivity index (χ4v) is 3.86. The Morgan fingerprint density at radius 2 is 1.76 bits per heavy atom. The van der Waals surface area contributed by atoms with E-state index in [1.165, 1.54) is 6.07 Å². The Balaban J connectivity index is 3.41. The minimum Gasteiger partial charge on any atom is -0.298 e. The van der Waals surface area contributed by atoms with Crippen LogP contribution in [0.4, 0.5) is 0 Å². The highest BCUT2D eigenvalue weighted by atomic mass is 32.2. The van der Waals surface area contributed by atoms with Crippen molar-refractivity contribution in [1.29, 1.82) is 0 Å². The molecular weight excluding hydrogens is 320 g/mol. The molecule has 0 N–H and O–H groups in total. The SMILES string of the molecule is CCCCOS(=O)(=O)c1cc(C=O)ccc1S(=O)(=O)OC. The summed E-state index contributed by atoms with van der Waals surface area (Å²) < 4.78 is 56.8. The standard InChI is InChI=1S/C12H16O7S2/c1-3-4-7-19-21(16,17)12-8-10(9-13)5-6-11(12)20(14,15)18-2/h5-6,8-9H,3-4,7H2,1-2H3. The molecule has 1 aromatic carbocycles. The number of carbonyl (C=O) groups is 1. The summed E-state index contributed by atoms with van der Waals surface area (Å²) in [6.07, 6.45) is 1.63. The second-order valence-electron chi connectivity index (χ2n) is 4.07. The molecule has 9 heteroatoms. The van der Waals surface area contributed by atoms with Gasteiger partial charge in [0.25, 0.3) is 20.2 Å². The number of hydrogen-bond donors (Lipinski definition) is 0. The molecule has 0 aliphatic rings. The van der Waals surface area contributed by atoms with Crippen molar-refractivity contribution in [1.82, 2.24) is 0 Å². The lowest BCUT2D eigenvalue weighted by Gasteiger charge is -2.10. The Kier molecular flexibility index (Phi) is 6.02. The third-order valence-electron chi connectivity index (χ3n) is 2.60. The van der Waals surface area contributed by atoms with Crippen molar-refractivity contribution < 1.29 is 30.0 Å². The molecule has 0 unspecified atom stereocenters. The average molecular weight is 336 g/mol. The molecule has 1 rings (SSSR count). The zero-order chi connectivity index (χ0) is 16.1. The van der Waals surface area contributed by atoms with Crippen LogP contribution in [0.3, 0.4) is 0 Å². The predicted molar refractivity (Wildman–Crippen MR) is 74.1 cm³/mol. The maximum atomic E-state index is 12.1. The lowest BCUT2D eigenvalue weighted by Crippen LogP contribution is -2.14. The van der Waals surface area contributed by atoms with Crippen LogP contribution in [0.15, 0.2) is 28.0 Å². The number of benzene rings is 1. The highest BCUT2D eigenvalue weighted by Crippen LogP contribution is 2.25. The molecule has 0 bridgehead atoms. The topological polar surface area (TPSA) is 104 Å². The number of hydrogen-bond acceptors (Lipinski definition) is 7. The maximum Gasteiger partial charge on any atom is 0.298 e. The molecule has 118 valence electrons. The molecular formula is C12H16O7S2. The van der Waals surface area contributed by atoms with Gasteiger partial charge in [0.1, 0.15) is 16.1 Å². The minimum atomic E-state index is -4.31. The van der Waals surface area contributed by atoms with Crippen LogP contribution < -0.4 is 0 Å². The van der Waals surface area contributed by atoms with Gasteiger partial charge in [-0.2, -0.15) is 16.8 Å². The van der Waals surface area contributed by atoms with Crippen LogP contribution in [0.5, 0.6) is 0 Å². The first kappa shape index (κ1) is 17.8. The summed E-state index contributed by atoms with van der Waals surface area (Å²) in [6, 6.07) is 3.13. The van der Waals surface area contributed by atoms with Gasteiger partial charge in [0.15, 0.2) is 0 Å². The second kappa shape index (κ2) is 7.12. The van der Waals surface area contributed by atoms with Gasteiger partial charge in [0.05, 0.1) is 13.7 Å². The van der Waals surface area contributed by atoms with Gasteiger partial charge in [0, 0.05) is 5.56 Å². The van der Waals surface area contributed by atoms with Crippen LogP contribution in [-0.2, 0) is 28.6 Å². The normalized spacial score (nSPS) is 12.3. The van der Waals surface area contributed by atoms with Crippen LogP contribution in [0.25, 0.3) is 0 Å². The van der Waals surface area contributed by atoms with E-state index in [-0.39, 0.29) is 12.2 Å². The molecule has 0 aliphatic heterocycles. The monoisotopic (exact) mass is 336 g/mol. The van der Waals surface area contributed by atoms with Crippen molar-refractivity contribution in [2.24, 2.45) is 0 Å². The van der Waals surface area contributed by atoms with E-state index in [4.69, 9.17) is 4.18 Å². The molecule has 0 radical (unpaired) electrons. The predicted octanol–water partition coefficient (Wildman–Crippen LogP) is 1.34. The Bertz CT molecular complexity index is 705. The molecule has 1 aromatic rings. The summed E-state index contributed by atoms with van der Waals surface area (Å²) in [4.78, 5) is 9.59. The molecule has 7 nitrogen and oxygen atoms in total. The summed E-state index contributed by atoms with van der Waals surface area (Å²) >= 11 is 0. The van der Waals surface area contributed by atoms with Crippen molar-refractivity contribution in [3.8, 4) is 0 Å². The smallest absolute Gasteiger partial charge is 0.298 e. The number of unbranched alkanes of at least 4 members (excludes halogenated alkanes) is 1. The maximum absolute atomic E-state index is 12.1. The highest BCUT2D eigenvalue weighted by Gasteiger charge is 2.27. The first-order valence-corrected chi connectivity index (χ1v) is 8.89. The van der Waals surface area contributed by atoms with Gasteiger partial charge in [-0.15, -0.1) is 0 Å². The van der Waals surface area contributed by atoms with Crippen molar-refractivity contribution in [2.75, 3.05) is 13.7 Å². The van der Waals surface area contributed by atoms with E-state index in [0.29, 0.717) is 19.1 Å². The van der Waals surface area contributed by atoms with Crippen molar-refractivity contribution in [2.45, 2.75) is 29.6 Å². The van der Waals surface area contributed by atoms with E-state index in [1.54, 1.807) is 0 Å². The number of carbonyl (C=O) groups excluding carboxylic acids is 1. The van der Waals surface area contributed by atoms with Gasteiger partial charge in [-0.1, -0.05) is 19.4 Å². The summed E-state index contributed by atoms with van der Waals surface area (Å²) in [7, 11) is -7.64. The third kappa shape index (κ3) is 4.34. The Hall–Kier alpha value is -1.29. The van der Waals surface area contributed by atoms with Gasteiger partial charge < -0.3 is 0 Å². The Labute approximate surface area is 124 Å². The summed E-state index contributed by atoms with van der Waals surface area (Å²) in [5.74, 6) is 0. The fourth-order valence-electron chi connectivity index (χ4n) is 1.47. The van der Waals surface area contributed by atoms with Gasteiger partial charge in [-0.05, 0) is 18.6 Å². The van der Waals surface area contributed by atoms with E-state index in [1.807, 2.05) is 6.92 Å². The number of rotatable bonds is 8. The van der Waals surface area contributed by atoms with Crippen LogP contribution in [-0.4, -0.2) is 36.8 Å². The summed E-state index contributed by atoms with van der Waals surface area (Å²) in [6.45, 7) is 1.78. The van der Waals surface area contributed by atoms with E-state index in [9.17, 15) is 21.6 Å². The van der Waals surface area contributed by atoms with Crippen LogP contribution in [0.1, 0.15) is 30.1 Å². The Morgan fingerprint density at radius 3 is 2.29 bits per heavy atom. The quantitative estimate of drug-likeness (QED) is 0.401. The Morgan fingerprint density at radius 1 is 1.10 bits per heavy atom. The molecule has 0 aromatic heterocycles. The fraction of sp³-hybridized carbons (Fsp3) is 0.417. The highest BCUT2D eigenvalue weighted by molar-refractivity contribution is 7.90. The van der Waals surface area contributed by atoms with Crippen molar-refractivity contribution in [3.63, 3.8) is 0 Å². The van der Waals surface area contributed by atoms with Crippen LogP contribution in [0.2, 0.25) is 0 Å². The molecule has 0 aliphatic carbocycles.